The van der Waals surface area contributed by atoms with E-state index < -0.39 is 10.0 Å². The summed E-state index contributed by atoms with van der Waals surface area (Å²) in [5, 5.41) is 3.78. The fourth-order valence-electron chi connectivity index (χ4n) is 1.56. The summed E-state index contributed by atoms with van der Waals surface area (Å²) in [6, 6.07) is 2.82. The quantitative estimate of drug-likeness (QED) is 0.848. The summed E-state index contributed by atoms with van der Waals surface area (Å²) < 4.78 is 31.9. The lowest BCUT2D eigenvalue weighted by atomic mass is 10.2. The first-order chi connectivity index (χ1) is 9.22. The number of hydrogen-bond donors (Lipinski definition) is 2. The lowest BCUT2D eigenvalue weighted by Gasteiger charge is -2.10. The molecule has 1 heterocycles. The van der Waals surface area contributed by atoms with E-state index in [4.69, 9.17) is 21.9 Å². The zero-order chi connectivity index (χ0) is 15.1. The van der Waals surface area contributed by atoms with E-state index in [1.165, 1.54) is 12.1 Å². The Morgan fingerprint density at radius 3 is 2.50 bits per heavy atom. The van der Waals surface area contributed by atoms with Gasteiger partial charge in [-0.1, -0.05) is 16.8 Å². The fourth-order valence-corrected chi connectivity index (χ4v) is 3.23. The minimum atomic E-state index is -3.89. The number of aromatic nitrogens is 1. The highest BCUT2D eigenvalue weighted by Crippen LogP contribution is 2.29. The second-order valence-corrected chi connectivity index (χ2v) is 6.52. The van der Waals surface area contributed by atoms with Crippen molar-refractivity contribution >= 4 is 33.2 Å². The van der Waals surface area contributed by atoms with Gasteiger partial charge in [0.2, 0.25) is 5.88 Å². The first kappa shape index (κ1) is 14.7. The third kappa shape index (κ3) is 2.59. The van der Waals surface area contributed by atoms with Gasteiger partial charge in [0.25, 0.3) is 10.0 Å². The molecule has 2 rings (SSSR count). The van der Waals surface area contributed by atoms with Crippen molar-refractivity contribution in [3.05, 3.63) is 34.0 Å². The molecule has 0 radical (unpaired) electrons. The summed E-state index contributed by atoms with van der Waals surface area (Å²) in [4.78, 5) is -0.101. The molecule has 0 spiro atoms. The van der Waals surface area contributed by atoms with E-state index in [0.29, 0.717) is 22.5 Å². The van der Waals surface area contributed by atoms with E-state index in [1.807, 2.05) is 0 Å². The molecule has 1 aromatic carbocycles. The van der Waals surface area contributed by atoms with Gasteiger partial charge in [0.05, 0.1) is 10.7 Å². The zero-order valence-corrected chi connectivity index (χ0v) is 12.8. The van der Waals surface area contributed by atoms with Crippen LogP contribution in [0.1, 0.15) is 16.8 Å². The summed E-state index contributed by atoms with van der Waals surface area (Å²) in [5.41, 5.74) is 8.01. The summed E-state index contributed by atoms with van der Waals surface area (Å²) in [7, 11) is -3.89. The van der Waals surface area contributed by atoms with Gasteiger partial charge < -0.3 is 10.3 Å². The second-order valence-electron chi connectivity index (χ2n) is 4.47. The Morgan fingerprint density at radius 2 is 1.95 bits per heavy atom. The van der Waals surface area contributed by atoms with Crippen LogP contribution in [0.2, 0.25) is 5.02 Å². The third-order valence-corrected chi connectivity index (χ3v) is 4.79. The number of nitrogens with two attached hydrogens (primary N) is 1. The van der Waals surface area contributed by atoms with Gasteiger partial charge in [0.15, 0.2) is 0 Å². The minimum absolute atomic E-state index is 0.0673. The summed E-state index contributed by atoms with van der Waals surface area (Å²) >= 11 is 5.98. The number of anilines is 2. The van der Waals surface area contributed by atoms with Crippen molar-refractivity contribution in [2.45, 2.75) is 25.7 Å². The van der Waals surface area contributed by atoms with Crippen LogP contribution in [0.3, 0.4) is 0 Å². The molecule has 2 aromatic rings. The number of nitrogens with zero attached hydrogens (tertiary/aromatic N) is 1. The van der Waals surface area contributed by atoms with Crippen LogP contribution in [0, 0.1) is 20.8 Å². The topological polar surface area (TPSA) is 98.2 Å². The summed E-state index contributed by atoms with van der Waals surface area (Å²) in [6.07, 6.45) is 0. The first-order valence-electron chi connectivity index (χ1n) is 5.73. The van der Waals surface area contributed by atoms with Crippen molar-refractivity contribution in [2.24, 2.45) is 0 Å². The molecule has 6 nitrogen and oxygen atoms in total. The van der Waals surface area contributed by atoms with E-state index in [0.717, 1.165) is 0 Å². The molecule has 108 valence electrons. The molecule has 0 unspecified atom stereocenters. The molecule has 0 aliphatic heterocycles. The van der Waals surface area contributed by atoms with Gasteiger partial charge in [-0.25, -0.2) is 13.1 Å². The molecule has 3 N–H and O–H groups in total. The summed E-state index contributed by atoms with van der Waals surface area (Å²) in [5.74, 6) is 0.0673. The molecule has 0 saturated heterocycles. The Bertz CT molecular complexity index is 768. The van der Waals surface area contributed by atoms with Gasteiger partial charge in [-0.05, 0) is 38.5 Å². The van der Waals surface area contributed by atoms with Gasteiger partial charge in [-0.3, -0.25) is 0 Å². The lowest BCUT2D eigenvalue weighted by molar-refractivity contribution is 0.430. The van der Waals surface area contributed by atoms with E-state index >= 15 is 0 Å². The van der Waals surface area contributed by atoms with Crippen LogP contribution in [0.25, 0.3) is 0 Å². The third-order valence-electron chi connectivity index (χ3n) is 2.99. The normalized spacial score (nSPS) is 11.6. The maximum atomic E-state index is 12.3. The van der Waals surface area contributed by atoms with Crippen molar-refractivity contribution in [1.82, 2.24) is 5.16 Å². The second kappa shape index (κ2) is 4.99. The monoisotopic (exact) mass is 315 g/mol. The smallest absolute Gasteiger partial charge is 0.265 e. The van der Waals surface area contributed by atoms with Crippen molar-refractivity contribution in [3.8, 4) is 0 Å². The van der Waals surface area contributed by atoms with Crippen LogP contribution in [0.4, 0.5) is 11.6 Å². The molecule has 0 bridgehead atoms. The Balaban J connectivity index is 2.46. The number of aryl methyl sites for hydroxylation is 2. The largest absolute Gasteiger partial charge is 0.398 e. The average molecular weight is 316 g/mol. The SMILES string of the molecule is Cc1cc(Cl)c(S(=O)(=O)Nc2onc(C)c2C)cc1N. The number of nitrogen functional groups attached to an aromatic ring is 1. The fraction of sp³-hybridized carbons (Fsp3) is 0.250. The van der Waals surface area contributed by atoms with E-state index in [9.17, 15) is 8.42 Å². The van der Waals surface area contributed by atoms with E-state index in [-0.39, 0.29) is 15.8 Å². The first-order valence-corrected chi connectivity index (χ1v) is 7.60. The number of sulfonamides is 1. The van der Waals surface area contributed by atoms with Crippen molar-refractivity contribution in [3.63, 3.8) is 0 Å². The van der Waals surface area contributed by atoms with Crippen LogP contribution in [0.15, 0.2) is 21.6 Å². The molecule has 0 aliphatic carbocycles. The highest BCUT2D eigenvalue weighted by Gasteiger charge is 2.22. The predicted octanol–water partition coefficient (Wildman–Crippen LogP) is 2.64. The molecule has 1 aromatic heterocycles. The highest BCUT2D eigenvalue weighted by molar-refractivity contribution is 7.92. The van der Waals surface area contributed by atoms with Crippen molar-refractivity contribution in [1.29, 1.82) is 0 Å². The van der Waals surface area contributed by atoms with Crippen LogP contribution < -0.4 is 10.5 Å². The van der Waals surface area contributed by atoms with Crippen LogP contribution in [0.5, 0.6) is 0 Å². The molecule has 0 atom stereocenters. The Kier molecular flexibility index (Phi) is 3.66. The van der Waals surface area contributed by atoms with Gasteiger partial charge in [-0.2, -0.15) is 0 Å². The van der Waals surface area contributed by atoms with Crippen LogP contribution in [-0.4, -0.2) is 13.6 Å². The Morgan fingerprint density at radius 1 is 1.30 bits per heavy atom. The Hall–Kier alpha value is -1.73. The van der Waals surface area contributed by atoms with E-state index in [2.05, 4.69) is 9.88 Å². The lowest BCUT2D eigenvalue weighted by Crippen LogP contribution is -2.14. The molecular weight excluding hydrogens is 302 g/mol. The minimum Gasteiger partial charge on any atom is -0.398 e. The van der Waals surface area contributed by atoms with Crippen molar-refractivity contribution in [2.75, 3.05) is 10.5 Å². The summed E-state index contributed by atoms with van der Waals surface area (Å²) in [6.45, 7) is 5.16. The number of hydrogen-bond acceptors (Lipinski definition) is 5. The molecule has 0 amide bonds. The number of rotatable bonds is 3. The average Bonchev–Trinajstić information content (AvgIpc) is 2.65. The molecule has 0 saturated carbocycles. The van der Waals surface area contributed by atoms with Gasteiger partial charge in [0, 0.05) is 11.3 Å². The maximum absolute atomic E-state index is 12.3. The molecule has 0 aliphatic rings. The molecular formula is C12H14ClN3O3S. The molecule has 8 heteroatoms. The number of nitrogens with one attached hydrogen (secondary N) is 1. The molecule has 0 fully saturated rings. The number of halogens is 1. The number of benzene rings is 1. The zero-order valence-electron chi connectivity index (χ0n) is 11.2. The van der Waals surface area contributed by atoms with Crippen LogP contribution >= 0.6 is 11.6 Å². The highest BCUT2D eigenvalue weighted by atomic mass is 35.5. The Labute approximate surface area is 122 Å². The molecule has 20 heavy (non-hydrogen) atoms. The van der Waals surface area contributed by atoms with Gasteiger partial charge in [0.1, 0.15) is 4.90 Å². The standard InChI is InChI=1S/C12H14ClN3O3S/c1-6-4-9(13)11(5-10(6)14)20(17,18)16-12-7(2)8(3)15-19-12/h4-5,16H,14H2,1-3H3. The maximum Gasteiger partial charge on any atom is 0.265 e. The van der Waals surface area contributed by atoms with Gasteiger partial charge >= 0.3 is 0 Å². The van der Waals surface area contributed by atoms with Crippen molar-refractivity contribution < 1.29 is 12.9 Å². The van der Waals surface area contributed by atoms with E-state index in [1.54, 1.807) is 20.8 Å². The van der Waals surface area contributed by atoms with Gasteiger partial charge in [-0.15, -0.1) is 0 Å². The van der Waals surface area contributed by atoms with Crippen LogP contribution in [-0.2, 0) is 10.0 Å². The predicted molar refractivity (Wildman–Crippen MR) is 77.4 cm³/mol.